The quantitative estimate of drug-likeness (QED) is 0.753. The van der Waals surface area contributed by atoms with E-state index in [-0.39, 0.29) is 12.4 Å². The fourth-order valence-electron chi connectivity index (χ4n) is 3.19. The Bertz CT molecular complexity index is 853. The van der Waals surface area contributed by atoms with Crippen LogP contribution in [0.15, 0.2) is 42.5 Å². The van der Waals surface area contributed by atoms with Crippen LogP contribution in [-0.2, 0) is 7.05 Å². The second-order valence-electron chi connectivity index (χ2n) is 5.88. The van der Waals surface area contributed by atoms with E-state index in [1.807, 2.05) is 31.3 Å². The molecular weight excluding hydrogens is 343 g/mol. The molecule has 0 bridgehead atoms. The number of rotatable bonds is 2. The molecule has 4 nitrogen and oxygen atoms in total. The van der Waals surface area contributed by atoms with Crippen LogP contribution in [0.1, 0.15) is 0 Å². The number of aromatic nitrogens is 2. The molecule has 2 heterocycles. The summed E-state index contributed by atoms with van der Waals surface area (Å²) in [6.07, 6.45) is 0. The van der Waals surface area contributed by atoms with Crippen LogP contribution < -0.4 is 10.2 Å². The Morgan fingerprint density at radius 1 is 1.08 bits per heavy atom. The van der Waals surface area contributed by atoms with E-state index in [4.69, 9.17) is 16.6 Å². The maximum absolute atomic E-state index is 6.49. The van der Waals surface area contributed by atoms with Crippen molar-refractivity contribution in [2.45, 2.75) is 0 Å². The molecule has 126 valence electrons. The Hall–Kier alpha value is -1.75. The molecule has 0 radical (unpaired) electrons. The van der Waals surface area contributed by atoms with Crippen molar-refractivity contribution in [3.63, 3.8) is 0 Å². The zero-order valence-electron chi connectivity index (χ0n) is 13.5. The molecule has 0 spiro atoms. The molecule has 0 atom stereocenters. The lowest BCUT2D eigenvalue weighted by Crippen LogP contribution is -2.43. The van der Waals surface area contributed by atoms with Gasteiger partial charge in [-0.2, -0.15) is 0 Å². The van der Waals surface area contributed by atoms with Crippen molar-refractivity contribution in [2.75, 3.05) is 31.1 Å². The summed E-state index contributed by atoms with van der Waals surface area (Å²) in [5, 5.41) is 4.12. The molecule has 6 heteroatoms. The highest BCUT2D eigenvalue weighted by atomic mass is 35.5. The first kappa shape index (κ1) is 17.1. The van der Waals surface area contributed by atoms with Gasteiger partial charge in [0, 0.05) is 44.5 Å². The van der Waals surface area contributed by atoms with E-state index < -0.39 is 0 Å². The normalized spacial score (nSPS) is 14.7. The first-order chi connectivity index (χ1) is 11.2. The number of halogens is 2. The standard InChI is InChI=1S/C18H19ClN4.ClH/c1-22-17-5-3-2-4-16(17)21-18(22)14-12-13(6-7-15(14)19)23-10-8-20-9-11-23;/h2-7,12,20H,8-11H2,1H3;1H. The van der Waals surface area contributed by atoms with Crippen molar-refractivity contribution in [3.8, 4) is 11.4 Å². The summed E-state index contributed by atoms with van der Waals surface area (Å²) in [6.45, 7) is 4.07. The first-order valence-corrected chi connectivity index (χ1v) is 8.29. The van der Waals surface area contributed by atoms with Crippen molar-refractivity contribution >= 4 is 40.7 Å². The molecule has 0 saturated carbocycles. The highest BCUT2D eigenvalue weighted by molar-refractivity contribution is 6.33. The van der Waals surface area contributed by atoms with E-state index in [9.17, 15) is 0 Å². The van der Waals surface area contributed by atoms with Crippen molar-refractivity contribution in [1.82, 2.24) is 14.9 Å². The Morgan fingerprint density at radius 2 is 1.83 bits per heavy atom. The molecule has 1 aromatic heterocycles. The molecule has 0 aliphatic carbocycles. The monoisotopic (exact) mass is 362 g/mol. The van der Waals surface area contributed by atoms with Gasteiger partial charge in [-0.15, -0.1) is 12.4 Å². The van der Waals surface area contributed by atoms with E-state index in [0.29, 0.717) is 0 Å². The summed E-state index contributed by atoms with van der Waals surface area (Å²) < 4.78 is 2.11. The smallest absolute Gasteiger partial charge is 0.142 e. The number of anilines is 1. The minimum Gasteiger partial charge on any atom is -0.369 e. The number of nitrogens with zero attached hydrogens (tertiary/aromatic N) is 3. The van der Waals surface area contributed by atoms with Gasteiger partial charge in [0.25, 0.3) is 0 Å². The van der Waals surface area contributed by atoms with Crippen LogP contribution in [0.25, 0.3) is 22.4 Å². The van der Waals surface area contributed by atoms with E-state index in [0.717, 1.165) is 53.6 Å². The van der Waals surface area contributed by atoms with Gasteiger partial charge in [-0.1, -0.05) is 23.7 Å². The number of fused-ring (bicyclic) bond motifs is 1. The summed E-state index contributed by atoms with van der Waals surface area (Å²) in [5.74, 6) is 0.910. The third kappa shape index (κ3) is 2.97. The third-order valence-electron chi connectivity index (χ3n) is 4.46. The maximum atomic E-state index is 6.49. The van der Waals surface area contributed by atoms with Crippen LogP contribution in [-0.4, -0.2) is 35.7 Å². The summed E-state index contributed by atoms with van der Waals surface area (Å²) in [7, 11) is 2.04. The molecule has 1 fully saturated rings. The lowest BCUT2D eigenvalue weighted by molar-refractivity contribution is 0.589. The fraction of sp³-hybridized carbons (Fsp3) is 0.278. The van der Waals surface area contributed by atoms with Gasteiger partial charge >= 0.3 is 0 Å². The van der Waals surface area contributed by atoms with E-state index in [2.05, 4.69) is 33.0 Å². The Kier molecular flexibility index (Phi) is 4.99. The summed E-state index contributed by atoms with van der Waals surface area (Å²) in [4.78, 5) is 7.17. The van der Waals surface area contributed by atoms with Crippen LogP contribution in [0.5, 0.6) is 0 Å². The number of hydrogen-bond donors (Lipinski definition) is 1. The lowest BCUT2D eigenvalue weighted by atomic mass is 10.1. The van der Waals surface area contributed by atoms with Crippen LogP contribution in [0.4, 0.5) is 5.69 Å². The van der Waals surface area contributed by atoms with Gasteiger partial charge < -0.3 is 14.8 Å². The van der Waals surface area contributed by atoms with Crippen molar-refractivity contribution in [1.29, 1.82) is 0 Å². The number of piperazine rings is 1. The number of benzene rings is 2. The van der Waals surface area contributed by atoms with Gasteiger partial charge in [0.2, 0.25) is 0 Å². The number of nitrogens with one attached hydrogen (secondary N) is 1. The van der Waals surface area contributed by atoms with Gasteiger partial charge in [0.05, 0.1) is 16.1 Å². The number of aryl methyl sites for hydroxylation is 1. The molecular formula is C18H20Cl2N4. The Morgan fingerprint density at radius 3 is 2.58 bits per heavy atom. The minimum absolute atomic E-state index is 0. The number of para-hydroxylation sites is 2. The number of imidazole rings is 1. The van der Waals surface area contributed by atoms with Gasteiger partial charge in [-0.25, -0.2) is 4.98 Å². The topological polar surface area (TPSA) is 33.1 Å². The second-order valence-corrected chi connectivity index (χ2v) is 6.29. The molecule has 1 N–H and O–H groups in total. The lowest BCUT2D eigenvalue weighted by Gasteiger charge is -2.29. The van der Waals surface area contributed by atoms with Gasteiger partial charge in [0.1, 0.15) is 5.82 Å². The van der Waals surface area contributed by atoms with Crippen LogP contribution >= 0.6 is 24.0 Å². The fourth-order valence-corrected chi connectivity index (χ4v) is 3.39. The average Bonchev–Trinajstić information content (AvgIpc) is 2.93. The highest BCUT2D eigenvalue weighted by Crippen LogP contribution is 2.33. The Labute approximate surface area is 152 Å². The predicted octanol–water partition coefficient (Wildman–Crippen LogP) is 3.73. The average molecular weight is 363 g/mol. The van der Waals surface area contributed by atoms with Crippen LogP contribution in [0, 0.1) is 0 Å². The molecule has 0 amide bonds. The van der Waals surface area contributed by atoms with Gasteiger partial charge in [-0.3, -0.25) is 0 Å². The van der Waals surface area contributed by atoms with Crippen LogP contribution in [0.2, 0.25) is 5.02 Å². The largest absolute Gasteiger partial charge is 0.369 e. The van der Waals surface area contributed by atoms with Gasteiger partial charge in [-0.05, 0) is 30.3 Å². The number of hydrogen-bond acceptors (Lipinski definition) is 3. The highest BCUT2D eigenvalue weighted by Gasteiger charge is 2.16. The molecule has 1 aliphatic rings. The van der Waals surface area contributed by atoms with E-state index >= 15 is 0 Å². The molecule has 1 saturated heterocycles. The predicted molar refractivity (Wildman–Crippen MR) is 103 cm³/mol. The SMILES string of the molecule is Cl.Cn1c(-c2cc(N3CCNCC3)ccc2Cl)nc2ccccc21. The van der Waals surface area contributed by atoms with E-state index in [1.165, 1.54) is 5.69 Å². The molecule has 24 heavy (non-hydrogen) atoms. The van der Waals surface area contributed by atoms with Gasteiger partial charge in [0.15, 0.2) is 0 Å². The molecule has 3 aromatic rings. The van der Waals surface area contributed by atoms with E-state index in [1.54, 1.807) is 0 Å². The zero-order chi connectivity index (χ0) is 15.8. The zero-order valence-corrected chi connectivity index (χ0v) is 15.1. The molecule has 1 aliphatic heterocycles. The van der Waals surface area contributed by atoms with Crippen molar-refractivity contribution in [2.24, 2.45) is 7.05 Å². The third-order valence-corrected chi connectivity index (χ3v) is 4.79. The van der Waals surface area contributed by atoms with Crippen molar-refractivity contribution in [3.05, 3.63) is 47.5 Å². The summed E-state index contributed by atoms with van der Waals surface area (Å²) >= 11 is 6.49. The molecule has 0 unspecified atom stereocenters. The summed E-state index contributed by atoms with van der Waals surface area (Å²) in [6, 6.07) is 14.4. The minimum atomic E-state index is 0. The first-order valence-electron chi connectivity index (χ1n) is 7.91. The molecule has 2 aromatic carbocycles. The Balaban J connectivity index is 0.00000169. The van der Waals surface area contributed by atoms with Crippen molar-refractivity contribution < 1.29 is 0 Å². The molecule has 4 rings (SSSR count). The van der Waals surface area contributed by atoms with Crippen LogP contribution in [0.3, 0.4) is 0 Å². The maximum Gasteiger partial charge on any atom is 0.142 e. The second kappa shape index (κ2) is 7.01. The summed E-state index contributed by atoms with van der Waals surface area (Å²) in [5.41, 5.74) is 4.30.